The predicted octanol–water partition coefficient (Wildman–Crippen LogP) is 2.90. The molecular weight excluding hydrogens is 269 g/mol. The highest BCUT2D eigenvalue weighted by molar-refractivity contribution is 5.85. The third-order valence-corrected chi connectivity index (χ3v) is 3.69. The molecule has 0 amide bonds. The van der Waals surface area contributed by atoms with Crippen LogP contribution in [-0.2, 0) is 6.42 Å². The van der Waals surface area contributed by atoms with Crippen LogP contribution in [0.3, 0.4) is 0 Å². The zero-order valence-electron chi connectivity index (χ0n) is 12.9. The Morgan fingerprint density at radius 3 is 2.76 bits per heavy atom. The Bertz CT molecular complexity index is 461. The van der Waals surface area contributed by atoms with E-state index in [1.165, 1.54) is 6.07 Å². The largest absolute Gasteiger partial charge is 0.409 e. The normalized spacial score (nSPS) is 12.6. The zero-order chi connectivity index (χ0) is 15.7. The van der Waals surface area contributed by atoms with Gasteiger partial charge in [-0.25, -0.2) is 4.39 Å². The maximum atomic E-state index is 13.0. The molecule has 1 rings (SSSR count). The number of oxime groups is 1. The minimum Gasteiger partial charge on any atom is -0.409 e. The number of hydrogen-bond acceptors (Lipinski definition) is 3. The van der Waals surface area contributed by atoms with Crippen molar-refractivity contribution in [1.29, 1.82) is 0 Å². The lowest BCUT2D eigenvalue weighted by molar-refractivity contribution is 0.304. The summed E-state index contributed by atoms with van der Waals surface area (Å²) in [7, 11) is 0. The molecular formula is C16H26FN3O. The number of halogens is 1. The van der Waals surface area contributed by atoms with E-state index in [1.54, 1.807) is 12.1 Å². The lowest BCUT2D eigenvalue weighted by Crippen LogP contribution is -2.32. The van der Waals surface area contributed by atoms with Gasteiger partial charge in [0.1, 0.15) is 11.7 Å². The summed E-state index contributed by atoms with van der Waals surface area (Å²) in [6.07, 6.45) is 3.75. The standard InChI is InChI=1S/C16H26FN3O/c1-16(2,15(18)20-21)9-3-4-10-19-11-8-13-6-5-7-14(17)12-13/h5-7,12,19,21H,3-4,8-11H2,1-2H3,(H2,18,20). The van der Waals surface area contributed by atoms with Crippen molar-refractivity contribution in [3.05, 3.63) is 35.6 Å². The van der Waals surface area contributed by atoms with E-state index in [4.69, 9.17) is 10.9 Å². The van der Waals surface area contributed by atoms with Gasteiger partial charge < -0.3 is 16.3 Å². The molecule has 4 N–H and O–H groups in total. The van der Waals surface area contributed by atoms with Crippen molar-refractivity contribution in [2.24, 2.45) is 16.3 Å². The summed E-state index contributed by atoms with van der Waals surface area (Å²) in [6.45, 7) is 5.70. The first kappa shape index (κ1) is 17.4. The van der Waals surface area contributed by atoms with E-state index in [2.05, 4.69) is 10.5 Å². The number of amidine groups is 1. The molecule has 4 nitrogen and oxygen atoms in total. The van der Waals surface area contributed by atoms with Gasteiger partial charge in [0.15, 0.2) is 0 Å². The molecule has 0 heterocycles. The van der Waals surface area contributed by atoms with Crippen LogP contribution in [0, 0.1) is 11.2 Å². The molecule has 21 heavy (non-hydrogen) atoms. The van der Waals surface area contributed by atoms with Crippen LogP contribution < -0.4 is 11.1 Å². The van der Waals surface area contributed by atoms with E-state index in [9.17, 15) is 4.39 Å². The van der Waals surface area contributed by atoms with Crippen molar-refractivity contribution < 1.29 is 9.60 Å². The number of nitrogens with one attached hydrogen (secondary N) is 1. The minimum atomic E-state index is -0.268. The Morgan fingerprint density at radius 1 is 1.33 bits per heavy atom. The Kier molecular flexibility index (Phi) is 7.15. The summed E-state index contributed by atoms with van der Waals surface area (Å²) in [5.41, 5.74) is 6.39. The summed E-state index contributed by atoms with van der Waals surface area (Å²) in [4.78, 5) is 0. The van der Waals surface area contributed by atoms with Gasteiger partial charge in [-0.15, -0.1) is 0 Å². The van der Waals surface area contributed by atoms with Crippen LogP contribution in [0.5, 0.6) is 0 Å². The molecule has 0 radical (unpaired) electrons. The average molecular weight is 295 g/mol. The Morgan fingerprint density at radius 2 is 2.10 bits per heavy atom. The second-order valence-electron chi connectivity index (χ2n) is 5.96. The third kappa shape index (κ3) is 6.58. The highest BCUT2D eigenvalue weighted by atomic mass is 19.1. The summed E-state index contributed by atoms with van der Waals surface area (Å²) >= 11 is 0. The van der Waals surface area contributed by atoms with E-state index < -0.39 is 0 Å². The van der Waals surface area contributed by atoms with Gasteiger partial charge in [-0.1, -0.05) is 37.6 Å². The monoisotopic (exact) mass is 295 g/mol. The summed E-state index contributed by atoms with van der Waals surface area (Å²) in [5.74, 6) is 0.0967. The van der Waals surface area contributed by atoms with Gasteiger partial charge in [0, 0.05) is 5.41 Å². The number of nitrogens with two attached hydrogens (primary N) is 1. The lowest BCUT2D eigenvalue weighted by atomic mass is 9.86. The van der Waals surface area contributed by atoms with Crippen molar-refractivity contribution >= 4 is 5.84 Å². The fraction of sp³-hybridized carbons (Fsp3) is 0.562. The number of rotatable bonds is 9. The molecule has 1 aromatic rings. The minimum absolute atomic E-state index is 0.183. The van der Waals surface area contributed by atoms with E-state index in [0.717, 1.165) is 44.3 Å². The summed E-state index contributed by atoms with van der Waals surface area (Å²) in [5, 5.41) is 15.1. The highest BCUT2D eigenvalue weighted by Crippen LogP contribution is 2.23. The molecule has 0 spiro atoms. The summed E-state index contributed by atoms with van der Waals surface area (Å²) in [6, 6.07) is 6.70. The third-order valence-electron chi connectivity index (χ3n) is 3.69. The first-order chi connectivity index (χ1) is 9.95. The van der Waals surface area contributed by atoms with E-state index in [1.807, 2.05) is 19.9 Å². The number of nitrogens with zero attached hydrogens (tertiary/aromatic N) is 1. The van der Waals surface area contributed by atoms with Gasteiger partial charge in [-0.05, 0) is 50.0 Å². The molecule has 0 atom stereocenters. The first-order valence-corrected chi connectivity index (χ1v) is 7.39. The van der Waals surface area contributed by atoms with Crippen molar-refractivity contribution in [3.8, 4) is 0 Å². The van der Waals surface area contributed by atoms with Crippen LogP contribution in [0.15, 0.2) is 29.4 Å². The summed E-state index contributed by atoms with van der Waals surface area (Å²) < 4.78 is 13.0. The van der Waals surface area contributed by atoms with Crippen molar-refractivity contribution in [2.75, 3.05) is 13.1 Å². The molecule has 0 aliphatic heterocycles. The van der Waals surface area contributed by atoms with Crippen LogP contribution >= 0.6 is 0 Å². The molecule has 0 fully saturated rings. The Balaban J connectivity index is 2.10. The molecule has 0 aliphatic rings. The Labute approximate surface area is 126 Å². The zero-order valence-corrected chi connectivity index (χ0v) is 12.9. The van der Waals surface area contributed by atoms with Crippen LogP contribution in [0.2, 0.25) is 0 Å². The van der Waals surface area contributed by atoms with Crippen molar-refractivity contribution in [3.63, 3.8) is 0 Å². The molecule has 0 unspecified atom stereocenters. The second-order valence-corrected chi connectivity index (χ2v) is 5.96. The lowest BCUT2D eigenvalue weighted by Gasteiger charge is -2.22. The smallest absolute Gasteiger partial charge is 0.144 e. The first-order valence-electron chi connectivity index (χ1n) is 7.39. The average Bonchev–Trinajstić information content (AvgIpc) is 2.45. The molecule has 118 valence electrons. The molecule has 0 bridgehead atoms. The molecule has 0 aromatic heterocycles. The molecule has 5 heteroatoms. The topological polar surface area (TPSA) is 70.6 Å². The van der Waals surface area contributed by atoms with Gasteiger partial charge in [-0.2, -0.15) is 0 Å². The van der Waals surface area contributed by atoms with Crippen molar-refractivity contribution in [1.82, 2.24) is 5.32 Å². The van der Waals surface area contributed by atoms with Gasteiger partial charge >= 0.3 is 0 Å². The van der Waals surface area contributed by atoms with E-state index >= 15 is 0 Å². The van der Waals surface area contributed by atoms with Crippen LogP contribution in [0.1, 0.15) is 38.7 Å². The fourth-order valence-corrected chi connectivity index (χ4v) is 2.13. The Hall–Kier alpha value is -1.62. The van der Waals surface area contributed by atoms with Crippen LogP contribution in [-0.4, -0.2) is 24.1 Å². The van der Waals surface area contributed by atoms with E-state index in [-0.39, 0.29) is 17.1 Å². The van der Waals surface area contributed by atoms with E-state index in [0.29, 0.717) is 0 Å². The van der Waals surface area contributed by atoms with Crippen molar-refractivity contribution in [2.45, 2.75) is 39.5 Å². The fourth-order valence-electron chi connectivity index (χ4n) is 2.13. The molecule has 1 aromatic carbocycles. The highest BCUT2D eigenvalue weighted by Gasteiger charge is 2.22. The number of benzene rings is 1. The van der Waals surface area contributed by atoms with Gasteiger partial charge in [0.25, 0.3) is 0 Å². The number of unbranched alkanes of at least 4 members (excludes halogenated alkanes) is 1. The predicted molar refractivity (Wildman–Crippen MR) is 84.0 cm³/mol. The molecule has 0 saturated carbocycles. The molecule has 0 aliphatic carbocycles. The van der Waals surface area contributed by atoms with Gasteiger partial charge in [0.2, 0.25) is 0 Å². The number of hydrogen-bond donors (Lipinski definition) is 3. The second kappa shape index (κ2) is 8.62. The van der Waals surface area contributed by atoms with Gasteiger partial charge in [0.05, 0.1) is 0 Å². The maximum Gasteiger partial charge on any atom is 0.144 e. The van der Waals surface area contributed by atoms with Gasteiger partial charge in [-0.3, -0.25) is 0 Å². The SMILES string of the molecule is CC(C)(CCCCNCCc1cccc(F)c1)/C(N)=N/O. The van der Waals surface area contributed by atoms with Crippen LogP contribution in [0.25, 0.3) is 0 Å². The van der Waals surface area contributed by atoms with Crippen LogP contribution in [0.4, 0.5) is 4.39 Å². The molecule has 0 saturated heterocycles. The maximum absolute atomic E-state index is 13.0. The quantitative estimate of drug-likeness (QED) is 0.216.